The molecule has 0 aliphatic rings. The Kier molecular flexibility index (Phi) is 6.90. The first kappa shape index (κ1) is 22.4. The van der Waals surface area contributed by atoms with Gasteiger partial charge in [-0.15, -0.1) is 11.3 Å². The predicted octanol–water partition coefficient (Wildman–Crippen LogP) is 6.65. The number of benzene rings is 2. The molecule has 0 aliphatic heterocycles. The normalized spacial score (nSPS) is 11.7. The maximum Gasteiger partial charge on any atom is 0.411 e. The minimum absolute atomic E-state index is 0.279. The third kappa shape index (κ3) is 5.51. The van der Waals surface area contributed by atoms with E-state index in [0.29, 0.717) is 17.9 Å². The Hall–Kier alpha value is -3.84. The summed E-state index contributed by atoms with van der Waals surface area (Å²) in [5.74, 6) is -0.838. The van der Waals surface area contributed by atoms with Gasteiger partial charge in [0.1, 0.15) is 0 Å². The molecule has 0 radical (unpaired) electrons. The van der Waals surface area contributed by atoms with Crippen molar-refractivity contribution >= 4 is 29.1 Å². The summed E-state index contributed by atoms with van der Waals surface area (Å²) in [7, 11) is 0. The minimum atomic E-state index is -0.838. The number of hydrogen-bond donors (Lipinski definition) is 2. The van der Waals surface area contributed by atoms with Crippen LogP contribution in [0.5, 0.6) is 0 Å². The summed E-state index contributed by atoms with van der Waals surface area (Å²) in [6, 6.07) is 23.0. The second-order valence-electron chi connectivity index (χ2n) is 7.50. The first-order valence-corrected chi connectivity index (χ1v) is 11.3. The van der Waals surface area contributed by atoms with Crippen molar-refractivity contribution in [2.45, 2.75) is 19.3 Å². The molecule has 2 N–H and O–H groups in total. The number of furan rings is 1. The Morgan fingerprint density at radius 2 is 1.73 bits per heavy atom. The average molecular weight is 462 g/mol. The molecular formula is C26H23NO5S. The summed E-state index contributed by atoms with van der Waals surface area (Å²) in [6.45, 7) is 1.96. The summed E-state index contributed by atoms with van der Waals surface area (Å²) >= 11 is 1.47. The maximum atomic E-state index is 12.2. The van der Waals surface area contributed by atoms with Gasteiger partial charge in [-0.1, -0.05) is 54.6 Å². The van der Waals surface area contributed by atoms with Gasteiger partial charge in [0.15, 0.2) is 5.76 Å². The first-order chi connectivity index (χ1) is 16.0. The van der Waals surface area contributed by atoms with Crippen molar-refractivity contribution in [3.63, 3.8) is 0 Å². The maximum absolute atomic E-state index is 12.2. The molecule has 0 saturated carbocycles. The monoisotopic (exact) mass is 461 g/mol. The van der Waals surface area contributed by atoms with E-state index in [2.05, 4.69) is 5.32 Å². The van der Waals surface area contributed by atoms with Crippen molar-refractivity contribution in [3.8, 4) is 21.8 Å². The topological polar surface area (TPSA) is 88.8 Å². The molecule has 1 atom stereocenters. The highest BCUT2D eigenvalue weighted by Crippen LogP contribution is 2.35. The summed E-state index contributed by atoms with van der Waals surface area (Å²) in [4.78, 5) is 25.2. The number of aliphatic carboxylic acids is 1. The largest absolute Gasteiger partial charge is 0.481 e. The second kappa shape index (κ2) is 10.2. The molecule has 0 saturated heterocycles. The van der Waals surface area contributed by atoms with Crippen LogP contribution in [0.3, 0.4) is 0 Å². The van der Waals surface area contributed by atoms with Crippen LogP contribution >= 0.6 is 11.3 Å². The molecule has 0 fully saturated rings. The van der Waals surface area contributed by atoms with Gasteiger partial charge in [-0.2, -0.15) is 0 Å². The van der Waals surface area contributed by atoms with E-state index in [1.54, 1.807) is 13.0 Å². The summed E-state index contributed by atoms with van der Waals surface area (Å²) in [6.07, 6.45) is 1.62. The number of amides is 1. The van der Waals surface area contributed by atoms with E-state index < -0.39 is 18.0 Å². The molecule has 7 heteroatoms. The van der Waals surface area contributed by atoms with Crippen LogP contribution in [0, 0.1) is 0 Å². The van der Waals surface area contributed by atoms with Gasteiger partial charge >= 0.3 is 12.1 Å². The SMILES string of the molecule is CC(C(=O)O)c1ccc(-c2ccc(-c3occc3NC(=O)OCCc3ccccc3)cc2)s1. The number of carbonyl (C=O) groups is 2. The third-order valence-corrected chi connectivity index (χ3v) is 6.54. The van der Waals surface area contributed by atoms with Crippen molar-refractivity contribution in [1.82, 2.24) is 0 Å². The Labute approximate surface area is 195 Å². The lowest BCUT2D eigenvalue weighted by molar-refractivity contribution is -0.138. The highest BCUT2D eigenvalue weighted by Gasteiger charge is 2.17. The van der Waals surface area contributed by atoms with Gasteiger partial charge in [-0.3, -0.25) is 10.1 Å². The number of thiophene rings is 1. The molecule has 2 aromatic carbocycles. The third-order valence-electron chi connectivity index (χ3n) is 5.22. The molecular weight excluding hydrogens is 438 g/mol. The van der Waals surface area contributed by atoms with Gasteiger partial charge in [-0.25, -0.2) is 4.79 Å². The zero-order valence-electron chi connectivity index (χ0n) is 18.0. The quantitative estimate of drug-likeness (QED) is 0.306. The molecule has 4 aromatic rings. The molecule has 2 aromatic heterocycles. The van der Waals surface area contributed by atoms with Crippen LogP contribution in [-0.2, 0) is 16.0 Å². The molecule has 0 spiro atoms. The molecule has 168 valence electrons. The van der Waals surface area contributed by atoms with Crippen molar-refractivity contribution in [2.24, 2.45) is 0 Å². The zero-order valence-corrected chi connectivity index (χ0v) is 18.8. The second-order valence-corrected chi connectivity index (χ2v) is 8.61. The van der Waals surface area contributed by atoms with Gasteiger partial charge in [-0.05, 0) is 30.2 Å². The Bertz CT molecular complexity index is 1230. The smallest absolute Gasteiger partial charge is 0.411 e. The van der Waals surface area contributed by atoms with Gasteiger partial charge < -0.3 is 14.3 Å². The number of rotatable bonds is 8. The molecule has 33 heavy (non-hydrogen) atoms. The van der Waals surface area contributed by atoms with Crippen molar-refractivity contribution in [3.05, 3.63) is 89.5 Å². The minimum Gasteiger partial charge on any atom is -0.481 e. The fourth-order valence-corrected chi connectivity index (χ4v) is 4.39. The van der Waals surface area contributed by atoms with E-state index in [9.17, 15) is 14.7 Å². The van der Waals surface area contributed by atoms with E-state index in [0.717, 1.165) is 26.4 Å². The molecule has 0 aliphatic carbocycles. The van der Waals surface area contributed by atoms with Crippen molar-refractivity contribution in [1.29, 1.82) is 0 Å². The Balaban J connectivity index is 1.39. The van der Waals surface area contributed by atoms with E-state index in [1.165, 1.54) is 17.6 Å². The number of nitrogens with one attached hydrogen (secondary N) is 1. The van der Waals surface area contributed by atoms with E-state index in [1.807, 2.05) is 66.7 Å². The van der Waals surface area contributed by atoms with Gasteiger partial charge in [0, 0.05) is 27.8 Å². The Morgan fingerprint density at radius 1 is 1.00 bits per heavy atom. The molecule has 2 heterocycles. The van der Waals surface area contributed by atoms with E-state index in [-0.39, 0.29) is 6.61 Å². The Morgan fingerprint density at radius 3 is 2.45 bits per heavy atom. The molecule has 4 rings (SSSR count). The molecule has 0 bridgehead atoms. The molecule has 6 nitrogen and oxygen atoms in total. The van der Waals surface area contributed by atoms with Crippen LogP contribution in [0.2, 0.25) is 0 Å². The fraction of sp³-hybridized carbons (Fsp3) is 0.154. The van der Waals surface area contributed by atoms with E-state index >= 15 is 0 Å². The number of anilines is 1. The van der Waals surface area contributed by atoms with Crippen molar-refractivity contribution < 1.29 is 23.8 Å². The lowest BCUT2D eigenvalue weighted by Crippen LogP contribution is -2.15. The van der Waals surface area contributed by atoms with E-state index in [4.69, 9.17) is 9.15 Å². The van der Waals surface area contributed by atoms with Gasteiger partial charge in [0.05, 0.1) is 24.5 Å². The van der Waals surface area contributed by atoms with Crippen LogP contribution in [-0.4, -0.2) is 23.8 Å². The number of carbonyl (C=O) groups excluding carboxylic acids is 1. The molecule has 1 amide bonds. The highest BCUT2D eigenvalue weighted by molar-refractivity contribution is 7.15. The number of carboxylic acid groups (broad SMARTS) is 1. The lowest BCUT2D eigenvalue weighted by atomic mass is 10.1. The van der Waals surface area contributed by atoms with Crippen molar-refractivity contribution in [2.75, 3.05) is 11.9 Å². The van der Waals surface area contributed by atoms with Crippen LogP contribution in [0.15, 0.2) is 83.5 Å². The number of hydrogen-bond acceptors (Lipinski definition) is 5. The first-order valence-electron chi connectivity index (χ1n) is 10.5. The zero-order chi connectivity index (χ0) is 23.2. The standard InChI is InChI=1S/C26H23NO5S/c1-17(25(28)29)22-11-12-23(33-22)19-7-9-20(10-8-19)24-21(14-16-31-24)27-26(30)32-15-13-18-5-3-2-4-6-18/h2-12,14,16-17H,13,15H2,1H3,(H,27,30)(H,28,29). The van der Waals surface area contributed by atoms with Crippen LogP contribution in [0.25, 0.3) is 21.8 Å². The number of carboxylic acids is 1. The lowest BCUT2D eigenvalue weighted by Gasteiger charge is -2.08. The average Bonchev–Trinajstić information content (AvgIpc) is 3.49. The molecule has 1 unspecified atom stereocenters. The van der Waals surface area contributed by atoms with Gasteiger partial charge in [0.2, 0.25) is 0 Å². The predicted molar refractivity (Wildman–Crippen MR) is 129 cm³/mol. The fourth-order valence-electron chi connectivity index (χ4n) is 3.33. The summed E-state index contributed by atoms with van der Waals surface area (Å²) in [5, 5.41) is 11.9. The van der Waals surface area contributed by atoms with Crippen LogP contribution in [0.1, 0.15) is 23.3 Å². The number of ether oxygens (including phenoxy) is 1. The summed E-state index contributed by atoms with van der Waals surface area (Å²) < 4.78 is 10.9. The van der Waals surface area contributed by atoms with Gasteiger partial charge in [0.25, 0.3) is 0 Å². The summed E-state index contributed by atoms with van der Waals surface area (Å²) in [5.41, 5.74) is 3.42. The van der Waals surface area contributed by atoms with Crippen LogP contribution in [0.4, 0.5) is 10.5 Å². The highest BCUT2D eigenvalue weighted by atomic mass is 32.1. The van der Waals surface area contributed by atoms with Crippen LogP contribution < -0.4 is 5.32 Å².